The van der Waals surface area contributed by atoms with E-state index in [9.17, 15) is 9.59 Å². The van der Waals surface area contributed by atoms with Crippen molar-refractivity contribution in [1.29, 1.82) is 0 Å². The van der Waals surface area contributed by atoms with Crippen molar-refractivity contribution in [3.8, 4) is 0 Å². The van der Waals surface area contributed by atoms with E-state index >= 15 is 0 Å². The minimum Gasteiger partial charge on any atom is -0.479 e. The summed E-state index contributed by atoms with van der Waals surface area (Å²) in [7, 11) is 0. The second-order valence-electron chi connectivity index (χ2n) is 3.88. The Morgan fingerprint density at radius 2 is 2.00 bits per heavy atom. The second kappa shape index (κ2) is 4.41. The summed E-state index contributed by atoms with van der Waals surface area (Å²) in [6.07, 6.45) is 3.77. The third kappa shape index (κ3) is 2.70. The summed E-state index contributed by atoms with van der Waals surface area (Å²) >= 11 is 0. The number of nitrogens with one attached hydrogen (secondary N) is 1. The first kappa shape index (κ1) is 11.0. The number of carboxylic acids is 1. The minimum absolute atomic E-state index is 0.212. The van der Waals surface area contributed by atoms with Gasteiger partial charge in [-0.3, -0.25) is 9.63 Å². The van der Waals surface area contributed by atoms with E-state index in [4.69, 9.17) is 5.11 Å². The number of carbonyl (C=O) groups is 2. The normalized spacial score (nSPS) is 19.2. The third-order valence-corrected chi connectivity index (χ3v) is 2.62. The molecule has 1 amide bonds. The van der Waals surface area contributed by atoms with Gasteiger partial charge in [0.05, 0.1) is 0 Å². The zero-order valence-electron chi connectivity index (χ0n) is 8.21. The van der Waals surface area contributed by atoms with Gasteiger partial charge in [-0.25, -0.2) is 10.3 Å². The zero-order valence-corrected chi connectivity index (χ0v) is 8.21. The topological polar surface area (TPSA) is 75.6 Å². The van der Waals surface area contributed by atoms with Gasteiger partial charge in [-0.15, -0.1) is 0 Å². The fraction of sp³-hybridized carbons (Fsp3) is 0.778. The van der Waals surface area contributed by atoms with Crippen LogP contribution in [0.2, 0.25) is 0 Å². The summed E-state index contributed by atoms with van der Waals surface area (Å²) in [5.74, 6) is -1.31. The van der Waals surface area contributed by atoms with Crippen LogP contribution >= 0.6 is 0 Å². The summed E-state index contributed by atoms with van der Waals surface area (Å²) in [6.45, 7) is 1.38. The Kier molecular flexibility index (Phi) is 3.46. The zero-order chi connectivity index (χ0) is 10.6. The molecule has 1 fully saturated rings. The van der Waals surface area contributed by atoms with E-state index in [0.717, 1.165) is 25.7 Å². The van der Waals surface area contributed by atoms with Crippen LogP contribution in [0.1, 0.15) is 32.6 Å². The monoisotopic (exact) mass is 201 g/mol. The lowest BCUT2D eigenvalue weighted by Crippen LogP contribution is -2.38. The van der Waals surface area contributed by atoms with Gasteiger partial charge >= 0.3 is 5.97 Å². The van der Waals surface area contributed by atoms with Crippen molar-refractivity contribution < 1.29 is 19.5 Å². The summed E-state index contributed by atoms with van der Waals surface area (Å²) in [4.78, 5) is 26.2. The quantitative estimate of drug-likeness (QED) is 0.656. The smallest absolute Gasteiger partial charge is 0.332 e. The number of carboxylic acid groups (broad SMARTS) is 1. The van der Waals surface area contributed by atoms with E-state index in [0.29, 0.717) is 0 Å². The number of hydroxylamine groups is 1. The Hall–Kier alpha value is -1.10. The molecule has 0 atom stereocenters. The fourth-order valence-corrected chi connectivity index (χ4v) is 1.67. The number of rotatable bonds is 4. The maximum absolute atomic E-state index is 11.5. The Bertz CT molecular complexity index is 233. The van der Waals surface area contributed by atoms with Gasteiger partial charge in [-0.05, 0) is 12.8 Å². The molecule has 1 aliphatic carbocycles. The van der Waals surface area contributed by atoms with Gasteiger partial charge < -0.3 is 5.11 Å². The highest BCUT2D eigenvalue weighted by molar-refractivity contribution is 5.81. The Balaban J connectivity index is 2.30. The van der Waals surface area contributed by atoms with Gasteiger partial charge in [0.25, 0.3) is 0 Å². The summed E-state index contributed by atoms with van der Waals surface area (Å²) in [5, 5.41) is 8.28. The molecule has 0 spiro atoms. The molecular weight excluding hydrogens is 186 g/mol. The van der Waals surface area contributed by atoms with Gasteiger partial charge in [0.15, 0.2) is 6.61 Å². The van der Waals surface area contributed by atoms with Crippen molar-refractivity contribution in [2.75, 3.05) is 6.61 Å². The van der Waals surface area contributed by atoms with Crippen molar-refractivity contribution >= 4 is 11.9 Å². The predicted octanol–water partition coefficient (Wildman–Crippen LogP) is 0.699. The maximum Gasteiger partial charge on any atom is 0.332 e. The predicted molar refractivity (Wildman–Crippen MR) is 48.3 cm³/mol. The molecule has 0 bridgehead atoms. The Labute approximate surface area is 82.4 Å². The van der Waals surface area contributed by atoms with E-state index < -0.39 is 12.6 Å². The SMILES string of the molecule is CC1(C(=O)NOCC(=O)O)CCCC1. The molecule has 0 aliphatic heterocycles. The molecule has 14 heavy (non-hydrogen) atoms. The maximum atomic E-state index is 11.5. The summed E-state index contributed by atoms with van der Waals surface area (Å²) in [6, 6.07) is 0. The molecule has 1 rings (SSSR count). The highest BCUT2D eigenvalue weighted by Crippen LogP contribution is 2.37. The number of carbonyl (C=O) groups excluding carboxylic acids is 1. The summed E-state index contributed by atoms with van der Waals surface area (Å²) in [5.41, 5.74) is 1.80. The van der Waals surface area contributed by atoms with Crippen LogP contribution in [-0.4, -0.2) is 23.6 Å². The van der Waals surface area contributed by atoms with Crippen LogP contribution in [0.3, 0.4) is 0 Å². The van der Waals surface area contributed by atoms with E-state index in [1.807, 2.05) is 6.92 Å². The van der Waals surface area contributed by atoms with Crippen LogP contribution < -0.4 is 5.48 Å². The van der Waals surface area contributed by atoms with Gasteiger partial charge in [0.1, 0.15) is 0 Å². The molecule has 0 radical (unpaired) electrons. The first-order chi connectivity index (χ1) is 6.54. The van der Waals surface area contributed by atoms with Crippen LogP contribution in [0, 0.1) is 5.41 Å². The lowest BCUT2D eigenvalue weighted by Gasteiger charge is -2.21. The molecule has 0 aromatic heterocycles. The number of amides is 1. The van der Waals surface area contributed by atoms with Crippen molar-refractivity contribution in [2.45, 2.75) is 32.6 Å². The van der Waals surface area contributed by atoms with E-state index in [-0.39, 0.29) is 11.3 Å². The lowest BCUT2D eigenvalue weighted by atomic mass is 9.88. The average molecular weight is 201 g/mol. The molecule has 2 N–H and O–H groups in total. The van der Waals surface area contributed by atoms with Crippen molar-refractivity contribution in [3.63, 3.8) is 0 Å². The summed E-state index contributed by atoms with van der Waals surface area (Å²) < 4.78 is 0. The highest BCUT2D eigenvalue weighted by Gasteiger charge is 2.36. The molecule has 1 aliphatic rings. The van der Waals surface area contributed by atoms with Gasteiger partial charge in [-0.2, -0.15) is 0 Å². The van der Waals surface area contributed by atoms with Crippen molar-refractivity contribution in [3.05, 3.63) is 0 Å². The second-order valence-corrected chi connectivity index (χ2v) is 3.88. The number of hydrogen-bond donors (Lipinski definition) is 2. The van der Waals surface area contributed by atoms with Crippen LogP contribution in [0.4, 0.5) is 0 Å². The number of aliphatic carboxylic acids is 1. The van der Waals surface area contributed by atoms with E-state index in [2.05, 4.69) is 10.3 Å². The largest absolute Gasteiger partial charge is 0.479 e. The molecule has 80 valence electrons. The molecule has 0 saturated heterocycles. The molecule has 0 aromatic rings. The molecule has 1 saturated carbocycles. The van der Waals surface area contributed by atoms with Gasteiger partial charge in [0.2, 0.25) is 5.91 Å². The van der Waals surface area contributed by atoms with Crippen molar-refractivity contribution in [2.24, 2.45) is 5.41 Å². The third-order valence-electron chi connectivity index (χ3n) is 2.62. The first-order valence-electron chi connectivity index (χ1n) is 4.69. The molecule has 5 nitrogen and oxygen atoms in total. The van der Waals surface area contributed by atoms with Gasteiger partial charge in [0, 0.05) is 5.41 Å². The van der Waals surface area contributed by atoms with E-state index in [1.165, 1.54) is 0 Å². The minimum atomic E-state index is -1.10. The first-order valence-corrected chi connectivity index (χ1v) is 4.69. The Morgan fingerprint density at radius 3 is 2.50 bits per heavy atom. The van der Waals surface area contributed by atoms with E-state index in [1.54, 1.807) is 0 Å². The lowest BCUT2D eigenvalue weighted by molar-refractivity contribution is -0.153. The van der Waals surface area contributed by atoms with Crippen LogP contribution in [0.25, 0.3) is 0 Å². The molecule has 0 aromatic carbocycles. The Morgan fingerprint density at radius 1 is 1.43 bits per heavy atom. The molecule has 0 unspecified atom stereocenters. The molecule has 5 heteroatoms. The molecular formula is C9H15NO4. The molecule has 0 heterocycles. The highest BCUT2D eigenvalue weighted by atomic mass is 16.7. The van der Waals surface area contributed by atoms with Crippen LogP contribution in [0.5, 0.6) is 0 Å². The van der Waals surface area contributed by atoms with Crippen LogP contribution in [-0.2, 0) is 14.4 Å². The average Bonchev–Trinajstić information content (AvgIpc) is 2.52. The van der Waals surface area contributed by atoms with Crippen molar-refractivity contribution in [1.82, 2.24) is 5.48 Å². The number of hydrogen-bond acceptors (Lipinski definition) is 3. The van der Waals surface area contributed by atoms with Crippen LogP contribution in [0.15, 0.2) is 0 Å². The standard InChI is InChI=1S/C9H15NO4/c1-9(4-2-3-5-9)8(13)10-14-6-7(11)12/h2-6H2,1H3,(H,10,13)(H,11,12). The van der Waals surface area contributed by atoms with Gasteiger partial charge in [-0.1, -0.05) is 19.8 Å². The fourth-order valence-electron chi connectivity index (χ4n) is 1.67.